The number of ether oxygens (including phenoxy) is 1. The Morgan fingerprint density at radius 3 is 2.70 bits per heavy atom. The lowest BCUT2D eigenvalue weighted by Crippen LogP contribution is -2.04. The van der Waals surface area contributed by atoms with E-state index >= 15 is 0 Å². The van der Waals surface area contributed by atoms with Gasteiger partial charge in [-0.3, -0.25) is 0 Å². The van der Waals surface area contributed by atoms with Crippen molar-refractivity contribution in [1.29, 1.82) is 0 Å². The maximum absolute atomic E-state index is 5.75. The summed E-state index contributed by atoms with van der Waals surface area (Å²) in [6, 6.07) is 7.93. The van der Waals surface area contributed by atoms with E-state index in [1.165, 1.54) is 11.8 Å². The van der Waals surface area contributed by atoms with Gasteiger partial charge in [-0.25, -0.2) is 0 Å². The number of nitrogens with zero attached hydrogens (tertiary/aromatic N) is 4. The summed E-state index contributed by atoms with van der Waals surface area (Å²) in [6.07, 6.45) is 3.79. The predicted molar refractivity (Wildman–Crippen MR) is 95.7 cm³/mol. The minimum atomic E-state index is 0.265. The van der Waals surface area contributed by atoms with Crippen molar-refractivity contribution in [2.75, 3.05) is 12.9 Å². The summed E-state index contributed by atoms with van der Waals surface area (Å²) in [6.45, 7) is 9.14. The Kier molecular flexibility index (Phi) is 6.21. The second-order valence-corrected chi connectivity index (χ2v) is 6.81. The fraction of sp³-hybridized carbons (Fsp3) is 0.471. The van der Waals surface area contributed by atoms with Crippen LogP contribution in [0.25, 0.3) is 0 Å². The van der Waals surface area contributed by atoms with Crippen LogP contribution in [0.1, 0.15) is 45.0 Å². The summed E-state index contributed by atoms with van der Waals surface area (Å²) in [7, 11) is 0. The fourth-order valence-corrected chi connectivity index (χ4v) is 2.38. The van der Waals surface area contributed by atoms with Crippen LogP contribution in [-0.2, 0) is 0 Å². The van der Waals surface area contributed by atoms with Crippen LogP contribution < -0.4 is 4.74 Å². The average molecular weight is 332 g/mol. The highest BCUT2D eigenvalue weighted by Gasteiger charge is 2.13. The normalized spacial score (nSPS) is 11.8. The van der Waals surface area contributed by atoms with Crippen LogP contribution in [-0.4, -0.2) is 34.0 Å². The van der Waals surface area contributed by atoms with Gasteiger partial charge in [-0.05, 0) is 29.9 Å². The number of benzene rings is 1. The maximum atomic E-state index is 5.75. The summed E-state index contributed by atoms with van der Waals surface area (Å²) in [4.78, 5) is 0. The summed E-state index contributed by atoms with van der Waals surface area (Å²) in [5.74, 6) is 2.49. The van der Waals surface area contributed by atoms with E-state index in [4.69, 9.17) is 4.74 Å². The lowest BCUT2D eigenvalue weighted by Gasteiger charge is -2.09. The highest BCUT2D eigenvalue weighted by atomic mass is 32.2. The lowest BCUT2D eigenvalue weighted by molar-refractivity contribution is 0.271. The molecule has 0 unspecified atom stereocenters. The Bertz CT molecular complexity index is 664. The second-order valence-electron chi connectivity index (χ2n) is 6.03. The topological polar surface area (TPSA) is 52.3 Å². The summed E-state index contributed by atoms with van der Waals surface area (Å²) in [5.41, 5.74) is 0.988. The molecule has 0 saturated carbocycles. The predicted octanol–water partition coefficient (Wildman–Crippen LogP) is 4.04. The quantitative estimate of drug-likeness (QED) is 0.567. The SMILES string of the molecule is CSc1nnc(C(C)C)n1/N=C\c1cccc(OCC(C)C)c1. The Morgan fingerprint density at radius 2 is 2.04 bits per heavy atom. The van der Waals surface area contributed by atoms with Crippen LogP contribution in [0.5, 0.6) is 5.75 Å². The van der Waals surface area contributed by atoms with Gasteiger partial charge in [-0.15, -0.1) is 10.2 Å². The number of rotatable bonds is 7. The third-order valence-corrected chi connectivity index (χ3v) is 3.72. The van der Waals surface area contributed by atoms with E-state index in [-0.39, 0.29) is 5.92 Å². The van der Waals surface area contributed by atoms with Gasteiger partial charge in [-0.1, -0.05) is 51.6 Å². The standard InChI is InChI=1S/C17H24N4OS/c1-12(2)11-22-15-8-6-7-14(9-15)10-18-21-16(13(3)4)19-20-17(21)23-5/h6-10,12-13H,11H2,1-5H3/b18-10-. The largest absolute Gasteiger partial charge is 0.493 e. The maximum Gasteiger partial charge on any atom is 0.211 e. The molecule has 2 aromatic rings. The Labute approximate surface area is 142 Å². The van der Waals surface area contributed by atoms with E-state index in [0.717, 1.165) is 22.3 Å². The van der Waals surface area contributed by atoms with Crippen molar-refractivity contribution in [1.82, 2.24) is 14.9 Å². The highest BCUT2D eigenvalue weighted by molar-refractivity contribution is 7.98. The lowest BCUT2D eigenvalue weighted by atomic mass is 10.2. The third kappa shape index (κ3) is 4.82. The molecular formula is C17H24N4OS. The third-order valence-electron chi connectivity index (χ3n) is 3.10. The van der Waals surface area contributed by atoms with Crippen molar-refractivity contribution >= 4 is 18.0 Å². The molecule has 0 fully saturated rings. The molecule has 0 aliphatic rings. The molecule has 23 heavy (non-hydrogen) atoms. The number of hydrogen-bond donors (Lipinski definition) is 0. The van der Waals surface area contributed by atoms with Crippen molar-refractivity contribution in [3.8, 4) is 5.75 Å². The molecule has 2 rings (SSSR count). The summed E-state index contributed by atoms with van der Waals surface area (Å²) < 4.78 is 7.56. The van der Waals surface area contributed by atoms with Crippen LogP contribution in [0.15, 0.2) is 34.5 Å². The first-order chi connectivity index (χ1) is 11.0. The molecule has 0 aliphatic heterocycles. The van der Waals surface area contributed by atoms with E-state index < -0.39 is 0 Å². The second kappa shape index (κ2) is 8.15. The summed E-state index contributed by atoms with van der Waals surface area (Å²) in [5, 5.41) is 13.7. The van der Waals surface area contributed by atoms with E-state index in [9.17, 15) is 0 Å². The van der Waals surface area contributed by atoms with Gasteiger partial charge in [0.15, 0.2) is 5.82 Å². The van der Waals surface area contributed by atoms with Crippen molar-refractivity contribution in [2.24, 2.45) is 11.0 Å². The molecule has 0 spiro atoms. The molecule has 1 aromatic heterocycles. The monoisotopic (exact) mass is 332 g/mol. The van der Waals surface area contributed by atoms with Crippen molar-refractivity contribution in [3.63, 3.8) is 0 Å². The molecule has 0 atom stereocenters. The van der Waals surface area contributed by atoms with E-state index in [1.807, 2.05) is 36.7 Å². The summed E-state index contributed by atoms with van der Waals surface area (Å²) >= 11 is 1.53. The first-order valence-corrected chi connectivity index (χ1v) is 9.00. The molecule has 0 N–H and O–H groups in total. The smallest absolute Gasteiger partial charge is 0.211 e. The van der Waals surface area contributed by atoms with Gasteiger partial charge >= 0.3 is 0 Å². The first-order valence-electron chi connectivity index (χ1n) is 7.77. The van der Waals surface area contributed by atoms with Gasteiger partial charge in [0.2, 0.25) is 5.16 Å². The average Bonchev–Trinajstić information content (AvgIpc) is 2.94. The number of aromatic nitrogens is 3. The van der Waals surface area contributed by atoms with Gasteiger partial charge < -0.3 is 4.74 Å². The molecule has 0 saturated heterocycles. The number of hydrogen-bond acceptors (Lipinski definition) is 5. The van der Waals surface area contributed by atoms with Gasteiger partial charge in [0.1, 0.15) is 5.75 Å². The van der Waals surface area contributed by atoms with Crippen LogP contribution in [0, 0.1) is 5.92 Å². The van der Waals surface area contributed by atoms with Gasteiger partial charge in [0.25, 0.3) is 0 Å². The van der Waals surface area contributed by atoms with Crippen molar-refractivity contribution < 1.29 is 4.74 Å². The minimum absolute atomic E-state index is 0.265. The van der Waals surface area contributed by atoms with Crippen molar-refractivity contribution in [2.45, 2.75) is 38.8 Å². The first kappa shape index (κ1) is 17.5. The van der Waals surface area contributed by atoms with E-state index in [1.54, 1.807) is 4.68 Å². The van der Waals surface area contributed by atoms with Crippen LogP contribution in [0.2, 0.25) is 0 Å². The highest BCUT2D eigenvalue weighted by Crippen LogP contribution is 2.19. The van der Waals surface area contributed by atoms with Crippen molar-refractivity contribution in [3.05, 3.63) is 35.7 Å². The number of thioether (sulfide) groups is 1. The van der Waals surface area contributed by atoms with E-state index in [2.05, 4.69) is 43.0 Å². The Balaban J connectivity index is 2.20. The molecule has 0 amide bonds. The van der Waals surface area contributed by atoms with Gasteiger partial charge in [0, 0.05) is 5.92 Å². The zero-order valence-electron chi connectivity index (χ0n) is 14.4. The van der Waals surface area contributed by atoms with Gasteiger partial charge in [0.05, 0.1) is 12.8 Å². The zero-order chi connectivity index (χ0) is 16.8. The molecule has 0 aliphatic carbocycles. The molecule has 1 heterocycles. The van der Waals surface area contributed by atoms with Crippen LogP contribution >= 0.6 is 11.8 Å². The Morgan fingerprint density at radius 1 is 1.26 bits per heavy atom. The molecule has 6 heteroatoms. The zero-order valence-corrected chi connectivity index (χ0v) is 15.2. The molecule has 124 valence electrons. The fourth-order valence-electron chi connectivity index (χ4n) is 1.94. The molecule has 5 nitrogen and oxygen atoms in total. The molecule has 0 bridgehead atoms. The van der Waals surface area contributed by atoms with E-state index in [0.29, 0.717) is 12.5 Å². The van der Waals surface area contributed by atoms with Gasteiger partial charge in [-0.2, -0.15) is 9.78 Å². The van der Waals surface area contributed by atoms with Crippen LogP contribution in [0.3, 0.4) is 0 Å². The Hall–Kier alpha value is -1.82. The molecular weight excluding hydrogens is 308 g/mol. The molecule has 1 aromatic carbocycles. The van der Waals surface area contributed by atoms with Crippen LogP contribution in [0.4, 0.5) is 0 Å². The minimum Gasteiger partial charge on any atom is -0.493 e. The molecule has 0 radical (unpaired) electrons.